The van der Waals surface area contributed by atoms with Gasteiger partial charge in [0.05, 0.1) is 0 Å². The Kier molecular flexibility index (Phi) is 5.21. The number of amidine groups is 1. The Morgan fingerprint density at radius 3 is 2.63 bits per heavy atom. The van der Waals surface area contributed by atoms with Crippen LogP contribution in [0, 0.1) is 5.92 Å². The van der Waals surface area contributed by atoms with Crippen LogP contribution in [0.5, 0.6) is 0 Å². The van der Waals surface area contributed by atoms with Crippen LogP contribution >= 0.6 is 0 Å². The van der Waals surface area contributed by atoms with Crippen LogP contribution in [-0.4, -0.2) is 17.6 Å². The van der Waals surface area contributed by atoms with Gasteiger partial charge in [-0.3, -0.25) is 0 Å². The second-order valence-corrected chi connectivity index (χ2v) is 5.32. The van der Waals surface area contributed by atoms with Crippen molar-refractivity contribution in [3.8, 4) is 0 Å². The highest BCUT2D eigenvalue weighted by atomic mass is 16.4. The van der Waals surface area contributed by atoms with Crippen LogP contribution in [0.4, 0.5) is 0 Å². The molecule has 1 unspecified atom stereocenters. The fourth-order valence-electron chi connectivity index (χ4n) is 2.77. The van der Waals surface area contributed by atoms with Crippen LogP contribution in [0.1, 0.15) is 43.7 Å². The maximum atomic E-state index is 8.75. The lowest BCUT2D eigenvalue weighted by Crippen LogP contribution is -2.30. The summed E-state index contributed by atoms with van der Waals surface area (Å²) < 4.78 is 0. The van der Waals surface area contributed by atoms with Crippen molar-refractivity contribution in [1.82, 2.24) is 5.32 Å². The van der Waals surface area contributed by atoms with Crippen molar-refractivity contribution < 1.29 is 5.21 Å². The molecule has 0 heterocycles. The molecule has 0 amide bonds. The highest BCUT2D eigenvalue weighted by Gasteiger charge is 2.18. The number of nitrogens with two attached hydrogens (primary N) is 1. The number of rotatable bonds is 6. The van der Waals surface area contributed by atoms with Gasteiger partial charge < -0.3 is 16.3 Å². The van der Waals surface area contributed by atoms with Gasteiger partial charge in [-0.15, -0.1) is 0 Å². The molecule has 2 rings (SSSR count). The minimum absolute atomic E-state index is 0.123. The van der Waals surface area contributed by atoms with E-state index in [1.807, 2.05) is 18.2 Å². The molecular weight excluding hydrogens is 238 g/mol. The summed E-state index contributed by atoms with van der Waals surface area (Å²) in [7, 11) is 0. The summed E-state index contributed by atoms with van der Waals surface area (Å²) in [6, 6.07) is 10.3. The Hall–Kier alpha value is -1.55. The first-order valence-electron chi connectivity index (χ1n) is 7.04. The number of oxime groups is 1. The molecule has 1 aliphatic carbocycles. The Labute approximate surface area is 114 Å². The summed E-state index contributed by atoms with van der Waals surface area (Å²) in [4.78, 5) is 0. The normalized spacial score (nSPS) is 18.6. The quantitative estimate of drug-likeness (QED) is 0.319. The first-order valence-corrected chi connectivity index (χ1v) is 7.04. The fourth-order valence-corrected chi connectivity index (χ4v) is 2.77. The molecule has 4 heteroatoms. The predicted molar refractivity (Wildman–Crippen MR) is 77.2 cm³/mol. The topological polar surface area (TPSA) is 70.6 Å². The molecule has 4 nitrogen and oxygen atoms in total. The van der Waals surface area contributed by atoms with Crippen molar-refractivity contribution >= 4 is 5.84 Å². The summed E-state index contributed by atoms with van der Waals surface area (Å²) in [6.07, 6.45) is 5.87. The molecule has 19 heavy (non-hydrogen) atoms. The molecule has 0 radical (unpaired) electrons. The number of hydrogen-bond donors (Lipinski definition) is 3. The molecule has 4 N–H and O–H groups in total. The zero-order valence-corrected chi connectivity index (χ0v) is 11.3. The van der Waals surface area contributed by atoms with Gasteiger partial charge in [-0.05, 0) is 30.9 Å². The maximum absolute atomic E-state index is 8.75. The summed E-state index contributed by atoms with van der Waals surface area (Å²) >= 11 is 0. The third kappa shape index (κ3) is 4.24. The Morgan fingerprint density at radius 1 is 1.32 bits per heavy atom. The minimum atomic E-state index is 0.123. The van der Waals surface area contributed by atoms with E-state index in [2.05, 4.69) is 22.6 Å². The van der Waals surface area contributed by atoms with Crippen molar-refractivity contribution in [2.45, 2.75) is 38.1 Å². The molecule has 1 saturated carbocycles. The lowest BCUT2D eigenvalue weighted by atomic mass is 10.0. The van der Waals surface area contributed by atoms with Crippen molar-refractivity contribution in [2.75, 3.05) is 6.54 Å². The molecule has 1 aromatic carbocycles. The first-order chi connectivity index (χ1) is 9.29. The lowest BCUT2D eigenvalue weighted by molar-refractivity contribution is 0.315. The fraction of sp³-hybridized carbons (Fsp3) is 0.533. The van der Waals surface area contributed by atoms with Gasteiger partial charge >= 0.3 is 0 Å². The molecule has 0 spiro atoms. The van der Waals surface area contributed by atoms with E-state index in [9.17, 15) is 0 Å². The summed E-state index contributed by atoms with van der Waals surface area (Å²) in [5, 5.41) is 15.4. The van der Waals surface area contributed by atoms with Crippen LogP contribution < -0.4 is 11.1 Å². The third-order valence-electron chi connectivity index (χ3n) is 3.87. The van der Waals surface area contributed by atoms with Crippen molar-refractivity contribution in [1.29, 1.82) is 0 Å². The molecule has 1 fully saturated rings. The number of nitrogens with one attached hydrogen (secondary N) is 1. The number of benzene rings is 1. The predicted octanol–water partition coefficient (Wildman–Crippen LogP) is 2.64. The molecule has 1 aromatic rings. The van der Waals surface area contributed by atoms with E-state index in [1.54, 1.807) is 0 Å². The molecule has 1 aliphatic rings. The summed E-state index contributed by atoms with van der Waals surface area (Å²) in [5.41, 5.74) is 6.84. The monoisotopic (exact) mass is 261 g/mol. The molecule has 0 bridgehead atoms. The van der Waals surface area contributed by atoms with E-state index < -0.39 is 0 Å². The van der Waals surface area contributed by atoms with Gasteiger partial charge in [0.15, 0.2) is 0 Å². The number of hydrogen-bond acceptors (Lipinski definition) is 3. The van der Waals surface area contributed by atoms with Crippen molar-refractivity contribution in [2.24, 2.45) is 16.8 Å². The Bertz CT molecular complexity index is 399. The number of nitrogens with zero attached hydrogens (tertiary/aromatic N) is 1. The molecule has 0 aromatic heterocycles. The molecule has 104 valence electrons. The van der Waals surface area contributed by atoms with Gasteiger partial charge in [-0.2, -0.15) is 0 Å². The van der Waals surface area contributed by atoms with Crippen molar-refractivity contribution in [3.05, 3.63) is 35.9 Å². The van der Waals surface area contributed by atoms with E-state index in [0.717, 1.165) is 12.5 Å². The largest absolute Gasteiger partial charge is 0.409 e. The van der Waals surface area contributed by atoms with Gasteiger partial charge in [0.2, 0.25) is 0 Å². The SMILES string of the molecule is NC(CC(NCC1CCCC1)c1ccccc1)=NO. The van der Waals surface area contributed by atoms with E-state index in [1.165, 1.54) is 31.2 Å². The Balaban J connectivity index is 1.97. The van der Waals surface area contributed by atoms with E-state index in [0.29, 0.717) is 6.42 Å². The van der Waals surface area contributed by atoms with Crippen LogP contribution in [0.2, 0.25) is 0 Å². The molecule has 1 atom stereocenters. The standard InChI is InChI=1S/C15H23N3O/c16-15(18-19)10-14(13-8-2-1-3-9-13)17-11-12-6-4-5-7-12/h1-3,8-9,12,14,17,19H,4-7,10-11H2,(H2,16,18). The van der Waals surface area contributed by atoms with E-state index in [-0.39, 0.29) is 11.9 Å². The summed E-state index contributed by atoms with van der Waals surface area (Å²) in [6.45, 7) is 1.01. The van der Waals surface area contributed by atoms with Gasteiger partial charge in [0, 0.05) is 12.5 Å². The lowest BCUT2D eigenvalue weighted by Gasteiger charge is -2.21. The summed E-state index contributed by atoms with van der Waals surface area (Å²) in [5.74, 6) is 1.05. The molecule has 0 saturated heterocycles. The average molecular weight is 261 g/mol. The minimum Gasteiger partial charge on any atom is -0.409 e. The second kappa shape index (κ2) is 7.14. The van der Waals surface area contributed by atoms with Crippen LogP contribution in [-0.2, 0) is 0 Å². The Morgan fingerprint density at radius 2 is 2.00 bits per heavy atom. The third-order valence-corrected chi connectivity index (χ3v) is 3.87. The second-order valence-electron chi connectivity index (χ2n) is 5.32. The van der Waals surface area contributed by atoms with Crippen LogP contribution in [0.3, 0.4) is 0 Å². The van der Waals surface area contributed by atoms with E-state index in [4.69, 9.17) is 10.9 Å². The first kappa shape index (κ1) is 13.9. The smallest absolute Gasteiger partial charge is 0.141 e. The zero-order chi connectivity index (χ0) is 13.5. The van der Waals surface area contributed by atoms with Crippen LogP contribution in [0.25, 0.3) is 0 Å². The van der Waals surface area contributed by atoms with Crippen LogP contribution in [0.15, 0.2) is 35.5 Å². The van der Waals surface area contributed by atoms with Crippen molar-refractivity contribution in [3.63, 3.8) is 0 Å². The van der Waals surface area contributed by atoms with Gasteiger partial charge in [0.1, 0.15) is 5.84 Å². The molecule has 0 aliphatic heterocycles. The highest BCUT2D eigenvalue weighted by molar-refractivity contribution is 5.80. The van der Waals surface area contributed by atoms with Gasteiger partial charge in [-0.25, -0.2) is 0 Å². The highest BCUT2D eigenvalue weighted by Crippen LogP contribution is 2.25. The van der Waals surface area contributed by atoms with Gasteiger partial charge in [0.25, 0.3) is 0 Å². The van der Waals surface area contributed by atoms with E-state index >= 15 is 0 Å². The molecular formula is C15H23N3O. The van der Waals surface area contributed by atoms with Gasteiger partial charge in [-0.1, -0.05) is 48.3 Å². The maximum Gasteiger partial charge on any atom is 0.141 e. The average Bonchev–Trinajstić information content (AvgIpc) is 2.97. The zero-order valence-electron chi connectivity index (χ0n) is 11.3.